The van der Waals surface area contributed by atoms with Crippen molar-refractivity contribution in [3.05, 3.63) is 35.4 Å². The third kappa shape index (κ3) is 5.01. The van der Waals surface area contributed by atoms with E-state index in [1.807, 2.05) is 19.1 Å². The van der Waals surface area contributed by atoms with E-state index in [0.717, 1.165) is 5.56 Å². The first-order chi connectivity index (χ1) is 9.43. The van der Waals surface area contributed by atoms with E-state index in [0.29, 0.717) is 24.9 Å². The molecule has 0 saturated heterocycles. The molecule has 1 rings (SSSR count). The number of carbonyl (C=O) groups excluding carboxylic acids is 2. The SMILES string of the molecule is CNC(=O)c1ccc(CN(C)C(=O)CCC(C)N)cc1. The van der Waals surface area contributed by atoms with Crippen LogP contribution in [0.3, 0.4) is 0 Å². The van der Waals surface area contributed by atoms with Crippen molar-refractivity contribution < 1.29 is 9.59 Å². The van der Waals surface area contributed by atoms with Crippen LogP contribution >= 0.6 is 0 Å². The third-order valence-corrected chi connectivity index (χ3v) is 3.10. The first-order valence-corrected chi connectivity index (χ1v) is 6.74. The molecule has 0 aliphatic carbocycles. The van der Waals surface area contributed by atoms with Gasteiger partial charge in [-0.15, -0.1) is 0 Å². The van der Waals surface area contributed by atoms with E-state index in [1.165, 1.54) is 0 Å². The highest BCUT2D eigenvalue weighted by Gasteiger charge is 2.10. The molecule has 0 spiro atoms. The summed E-state index contributed by atoms with van der Waals surface area (Å²) in [6, 6.07) is 7.28. The fourth-order valence-corrected chi connectivity index (χ4v) is 1.81. The Balaban J connectivity index is 2.55. The van der Waals surface area contributed by atoms with E-state index in [-0.39, 0.29) is 17.9 Å². The molecule has 0 aliphatic heterocycles. The van der Waals surface area contributed by atoms with E-state index in [9.17, 15) is 9.59 Å². The molecule has 0 saturated carbocycles. The molecule has 0 aliphatic rings. The van der Waals surface area contributed by atoms with Crippen LogP contribution in [-0.2, 0) is 11.3 Å². The molecule has 3 N–H and O–H groups in total. The van der Waals surface area contributed by atoms with Gasteiger partial charge in [-0.25, -0.2) is 0 Å². The lowest BCUT2D eigenvalue weighted by molar-refractivity contribution is -0.130. The molecule has 1 aromatic rings. The number of hydrogen-bond donors (Lipinski definition) is 2. The third-order valence-electron chi connectivity index (χ3n) is 3.10. The quantitative estimate of drug-likeness (QED) is 0.818. The number of hydrogen-bond acceptors (Lipinski definition) is 3. The number of nitrogens with two attached hydrogens (primary N) is 1. The van der Waals surface area contributed by atoms with Gasteiger partial charge in [-0.05, 0) is 31.0 Å². The van der Waals surface area contributed by atoms with Crippen molar-refractivity contribution in [1.29, 1.82) is 0 Å². The molecule has 20 heavy (non-hydrogen) atoms. The van der Waals surface area contributed by atoms with Crippen molar-refractivity contribution in [2.24, 2.45) is 5.73 Å². The number of nitrogens with one attached hydrogen (secondary N) is 1. The Morgan fingerprint density at radius 3 is 2.40 bits per heavy atom. The van der Waals surface area contributed by atoms with Gasteiger partial charge in [0.15, 0.2) is 0 Å². The highest BCUT2D eigenvalue weighted by atomic mass is 16.2. The van der Waals surface area contributed by atoms with Gasteiger partial charge in [0.2, 0.25) is 5.91 Å². The minimum Gasteiger partial charge on any atom is -0.355 e. The summed E-state index contributed by atoms with van der Waals surface area (Å²) in [5.41, 5.74) is 7.25. The Morgan fingerprint density at radius 1 is 1.30 bits per heavy atom. The van der Waals surface area contributed by atoms with Crippen molar-refractivity contribution in [3.8, 4) is 0 Å². The number of amides is 2. The molecule has 0 aromatic heterocycles. The van der Waals surface area contributed by atoms with E-state index in [1.54, 1.807) is 31.1 Å². The van der Waals surface area contributed by atoms with Gasteiger partial charge in [0.1, 0.15) is 0 Å². The largest absolute Gasteiger partial charge is 0.355 e. The summed E-state index contributed by atoms with van der Waals surface area (Å²) in [4.78, 5) is 25.0. The van der Waals surface area contributed by atoms with E-state index in [4.69, 9.17) is 5.73 Å². The van der Waals surface area contributed by atoms with Gasteiger partial charge in [0.05, 0.1) is 0 Å². The number of benzene rings is 1. The maximum absolute atomic E-state index is 11.9. The van der Waals surface area contributed by atoms with Crippen molar-refractivity contribution in [3.63, 3.8) is 0 Å². The summed E-state index contributed by atoms with van der Waals surface area (Å²) in [6.07, 6.45) is 1.16. The number of nitrogens with zero attached hydrogens (tertiary/aromatic N) is 1. The Bertz CT molecular complexity index is 455. The fourth-order valence-electron chi connectivity index (χ4n) is 1.81. The van der Waals surface area contributed by atoms with Gasteiger partial charge in [-0.1, -0.05) is 12.1 Å². The Hall–Kier alpha value is -1.88. The van der Waals surface area contributed by atoms with Crippen LogP contribution in [0.2, 0.25) is 0 Å². The zero-order valence-electron chi connectivity index (χ0n) is 12.3. The molecule has 0 heterocycles. The minimum atomic E-state index is -0.113. The molecule has 0 fully saturated rings. The van der Waals surface area contributed by atoms with Crippen LogP contribution in [0.1, 0.15) is 35.7 Å². The molecule has 2 amide bonds. The number of rotatable bonds is 6. The van der Waals surface area contributed by atoms with Crippen LogP contribution in [0.5, 0.6) is 0 Å². The van der Waals surface area contributed by atoms with Gasteiger partial charge >= 0.3 is 0 Å². The van der Waals surface area contributed by atoms with Gasteiger partial charge in [0.25, 0.3) is 5.91 Å². The average molecular weight is 277 g/mol. The van der Waals surface area contributed by atoms with Gasteiger partial charge in [-0.3, -0.25) is 9.59 Å². The molecule has 5 nitrogen and oxygen atoms in total. The Labute approximate surface area is 120 Å². The van der Waals surface area contributed by atoms with Crippen LogP contribution in [0, 0.1) is 0 Å². The van der Waals surface area contributed by atoms with Crippen molar-refractivity contribution in [2.75, 3.05) is 14.1 Å². The molecule has 1 unspecified atom stereocenters. The zero-order chi connectivity index (χ0) is 15.1. The molecule has 1 aromatic carbocycles. The highest BCUT2D eigenvalue weighted by molar-refractivity contribution is 5.93. The molecular formula is C15H23N3O2. The lowest BCUT2D eigenvalue weighted by atomic mass is 10.1. The summed E-state index contributed by atoms with van der Waals surface area (Å²) in [5, 5.41) is 2.57. The summed E-state index contributed by atoms with van der Waals surface area (Å²) in [5.74, 6) is -0.0319. The predicted molar refractivity (Wildman–Crippen MR) is 79.2 cm³/mol. The lowest BCUT2D eigenvalue weighted by Crippen LogP contribution is -2.28. The van der Waals surface area contributed by atoms with E-state index < -0.39 is 0 Å². The topological polar surface area (TPSA) is 75.4 Å². The van der Waals surface area contributed by atoms with Gasteiger partial charge in [-0.2, -0.15) is 0 Å². The zero-order valence-corrected chi connectivity index (χ0v) is 12.3. The van der Waals surface area contributed by atoms with Crippen LogP contribution < -0.4 is 11.1 Å². The summed E-state index contributed by atoms with van der Waals surface area (Å²) >= 11 is 0. The fraction of sp³-hybridized carbons (Fsp3) is 0.467. The summed E-state index contributed by atoms with van der Waals surface area (Å²) in [6.45, 7) is 2.43. The second-order valence-electron chi connectivity index (χ2n) is 5.04. The predicted octanol–water partition coefficient (Wildman–Crippen LogP) is 1.13. The lowest BCUT2D eigenvalue weighted by Gasteiger charge is -2.18. The maximum atomic E-state index is 11.9. The second-order valence-corrected chi connectivity index (χ2v) is 5.04. The van der Waals surface area contributed by atoms with E-state index >= 15 is 0 Å². The van der Waals surface area contributed by atoms with Crippen molar-refractivity contribution >= 4 is 11.8 Å². The standard InChI is InChI=1S/C15H23N3O2/c1-11(16)4-9-14(19)18(3)10-12-5-7-13(8-6-12)15(20)17-2/h5-8,11H,4,9-10,16H2,1-3H3,(H,17,20). The summed E-state index contributed by atoms with van der Waals surface area (Å²) < 4.78 is 0. The van der Waals surface area contributed by atoms with Crippen LogP contribution in [0.15, 0.2) is 24.3 Å². The van der Waals surface area contributed by atoms with Crippen molar-refractivity contribution in [1.82, 2.24) is 10.2 Å². The Morgan fingerprint density at radius 2 is 1.90 bits per heavy atom. The molecule has 5 heteroatoms. The van der Waals surface area contributed by atoms with Gasteiger partial charge < -0.3 is 16.0 Å². The van der Waals surface area contributed by atoms with E-state index in [2.05, 4.69) is 5.32 Å². The van der Waals surface area contributed by atoms with Crippen LogP contribution in [-0.4, -0.2) is 36.9 Å². The minimum absolute atomic E-state index is 0.0409. The smallest absolute Gasteiger partial charge is 0.251 e. The summed E-state index contributed by atoms with van der Waals surface area (Å²) in [7, 11) is 3.37. The first-order valence-electron chi connectivity index (χ1n) is 6.74. The molecular weight excluding hydrogens is 254 g/mol. The second kappa shape index (κ2) is 7.65. The Kier molecular flexibility index (Phi) is 6.18. The molecule has 0 radical (unpaired) electrons. The van der Waals surface area contributed by atoms with Crippen LogP contribution in [0.4, 0.5) is 0 Å². The highest BCUT2D eigenvalue weighted by Crippen LogP contribution is 2.08. The average Bonchev–Trinajstić information content (AvgIpc) is 2.44. The molecule has 1 atom stereocenters. The van der Waals surface area contributed by atoms with Crippen molar-refractivity contribution in [2.45, 2.75) is 32.4 Å². The first kappa shape index (κ1) is 16.2. The monoisotopic (exact) mass is 277 g/mol. The molecule has 0 bridgehead atoms. The number of carbonyl (C=O) groups is 2. The molecule has 110 valence electrons. The maximum Gasteiger partial charge on any atom is 0.251 e. The van der Waals surface area contributed by atoms with Gasteiger partial charge in [0, 0.05) is 38.7 Å². The normalized spacial score (nSPS) is 11.8. The van der Waals surface area contributed by atoms with Crippen LogP contribution in [0.25, 0.3) is 0 Å².